The zero-order valence-corrected chi connectivity index (χ0v) is 12.2. The SMILES string of the molecule is O=[N+]([O-])c1cc(OC(F)(F)F)cc(S(=O)(=O)Cl)c1I. The highest BCUT2D eigenvalue weighted by molar-refractivity contribution is 14.1. The van der Waals surface area contributed by atoms with E-state index in [1.54, 1.807) is 0 Å². The first-order valence-electron chi connectivity index (χ1n) is 4.10. The number of halogens is 5. The molecule has 0 atom stereocenters. The fourth-order valence-electron chi connectivity index (χ4n) is 1.06. The van der Waals surface area contributed by atoms with Crippen molar-refractivity contribution < 1.29 is 31.2 Å². The molecule has 0 fully saturated rings. The van der Waals surface area contributed by atoms with Crippen LogP contribution in [0.15, 0.2) is 17.0 Å². The minimum atomic E-state index is -5.12. The first kappa shape index (κ1) is 16.2. The van der Waals surface area contributed by atoms with Gasteiger partial charge in [-0.05, 0) is 22.6 Å². The summed E-state index contributed by atoms with van der Waals surface area (Å²) in [6, 6.07) is 0.922. The molecule has 0 N–H and O–H groups in total. The van der Waals surface area contributed by atoms with Crippen LogP contribution < -0.4 is 4.74 Å². The van der Waals surface area contributed by atoms with E-state index in [9.17, 15) is 31.7 Å². The van der Waals surface area contributed by atoms with Crippen LogP contribution in [0.25, 0.3) is 0 Å². The molecule has 0 saturated heterocycles. The van der Waals surface area contributed by atoms with Crippen LogP contribution in [0, 0.1) is 13.7 Å². The highest BCUT2D eigenvalue weighted by Crippen LogP contribution is 2.36. The van der Waals surface area contributed by atoms with Gasteiger partial charge in [0.1, 0.15) is 14.2 Å². The molecule has 1 rings (SSSR count). The molecule has 0 heterocycles. The Bertz CT molecular complexity index is 632. The van der Waals surface area contributed by atoms with Gasteiger partial charge < -0.3 is 4.74 Å². The summed E-state index contributed by atoms with van der Waals surface area (Å²) < 4.78 is 61.4. The Kier molecular flexibility index (Phi) is 4.51. The Labute approximate surface area is 122 Å². The Morgan fingerprint density at radius 2 is 1.89 bits per heavy atom. The molecule has 0 saturated carbocycles. The van der Waals surface area contributed by atoms with Crippen LogP contribution in [0.5, 0.6) is 5.75 Å². The van der Waals surface area contributed by atoms with E-state index in [2.05, 4.69) is 4.74 Å². The quantitative estimate of drug-likeness (QED) is 0.318. The molecule has 0 aliphatic carbocycles. The summed E-state index contributed by atoms with van der Waals surface area (Å²) in [5, 5.41) is 10.6. The molecule has 0 aromatic heterocycles. The lowest BCUT2D eigenvalue weighted by atomic mass is 10.3. The maximum Gasteiger partial charge on any atom is 0.573 e. The van der Waals surface area contributed by atoms with E-state index >= 15 is 0 Å². The van der Waals surface area contributed by atoms with Gasteiger partial charge in [-0.2, -0.15) is 0 Å². The molecule has 1 aromatic carbocycles. The third-order valence-electron chi connectivity index (χ3n) is 1.69. The van der Waals surface area contributed by atoms with Gasteiger partial charge in [0, 0.05) is 16.7 Å². The molecule has 0 aliphatic heterocycles. The Balaban J connectivity index is 3.54. The normalized spacial score (nSPS) is 12.3. The molecule has 0 unspecified atom stereocenters. The molecule has 6 nitrogen and oxygen atoms in total. The predicted molar refractivity (Wildman–Crippen MR) is 65.5 cm³/mol. The average Bonchev–Trinajstić information content (AvgIpc) is 2.16. The number of hydrogen-bond donors (Lipinski definition) is 0. The number of nitro benzene ring substituents is 1. The Morgan fingerprint density at radius 3 is 2.26 bits per heavy atom. The molecule has 0 spiro atoms. The highest BCUT2D eigenvalue weighted by Gasteiger charge is 2.33. The van der Waals surface area contributed by atoms with E-state index in [0.717, 1.165) is 0 Å². The molecule has 1 aromatic rings. The molecule has 106 valence electrons. The van der Waals surface area contributed by atoms with Crippen LogP contribution in [-0.4, -0.2) is 19.7 Å². The first-order chi connectivity index (χ1) is 8.42. The topological polar surface area (TPSA) is 86.5 Å². The summed E-state index contributed by atoms with van der Waals surface area (Å²) >= 11 is 1.29. The van der Waals surface area contributed by atoms with Gasteiger partial charge in [0.05, 0.1) is 11.0 Å². The third kappa shape index (κ3) is 4.35. The Hall–Kier alpha value is -0.820. The second kappa shape index (κ2) is 5.28. The van der Waals surface area contributed by atoms with Gasteiger partial charge in [0.25, 0.3) is 14.7 Å². The van der Waals surface area contributed by atoms with Crippen molar-refractivity contribution in [1.82, 2.24) is 0 Å². The number of benzene rings is 1. The maximum atomic E-state index is 12.0. The lowest BCUT2D eigenvalue weighted by molar-refractivity contribution is -0.386. The summed E-state index contributed by atoms with van der Waals surface area (Å²) in [4.78, 5) is 8.77. The van der Waals surface area contributed by atoms with E-state index in [1.807, 2.05) is 0 Å². The zero-order chi connectivity index (χ0) is 15.0. The van der Waals surface area contributed by atoms with E-state index in [4.69, 9.17) is 10.7 Å². The Morgan fingerprint density at radius 1 is 1.37 bits per heavy atom. The largest absolute Gasteiger partial charge is 0.573 e. The van der Waals surface area contributed by atoms with E-state index in [0.29, 0.717) is 12.1 Å². The second-order valence-electron chi connectivity index (χ2n) is 3.00. The van der Waals surface area contributed by atoms with Crippen molar-refractivity contribution in [2.75, 3.05) is 0 Å². The van der Waals surface area contributed by atoms with Crippen LogP contribution in [0.2, 0.25) is 0 Å². The van der Waals surface area contributed by atoms with Gasteiger partial charge in [-0.15, -0.1) is 13.2 Å². The number of nitrogens with zero attached hydrogens (tertiary/aromatic N) is 1. The smallest absolute Gasteiger partial charge is 0.405 e. The molecule has 0 aliphatic rings. The average molecular weight is 432 g/mol. The van der Waals surface area contributed by atoms with Crippen molar-refractivity contribution in [2.24, 2.45) is 0 Å². The van der Waals surface area contributed by atoms with E-state index in [-0.39, 0.29) is 0 Å². The summed E-state index contributed by atoms with van der Waals surface area (Å²) in [5.41, 5.74) is -0.860. The van der Waals surface area contributed by atoms with Crippen molar-refractivity contribution in [1.29, 1.82) is 0 Å². The van der Waals surface area contributed by atoms with Crippen molar-refractivity contribution >= 4 is 48.0 Å². The molecular formula is C7H2ClF3INO5S. The van der Waals surface area contributed by atoms with Gasteiger partial charge in [-0.1, -0.05) is 0 Å². The minimum absolute atomic E-state index is 0.410. The number of hydrogen-bond acceptors (Lipinski definition) is 5. The van der Waals surface area contributed by atoms with Gasteiger partial charge in [0.2, 0.25) is 0 Å². The van der Waals surface area contributed by atoms with E-state index < -0.39 is 40.2 Å². The fraction of sp³-hybridized carbons (Fsp3) is 0.143. The van der Waals surface area contributed by atoms with Crippen LogP contribution in [-0.2, 0) is 9.05 Å². The molecule has 19 heavy (non-hydrogen) atoms. The summed E-state index contributed by atoms with van der Waals surface area (Å²) in [6.07, 6.45) is -5.12. The molecule has 0 bridgehead atoms. The molecule has 0 radical (unpaired) electrons. The van der Waals surface area contributed by atoms with Gasteiger partial charge >= 0.3 is 6.36 Å². The molecule has 12 heteroatoms. The van der Waals surface area contributed by atoms with Gasteiger partial charge in [0.15, 0.2) is 0 Å². The monoisotopic (exact) mass is 431 g/mol. The van der Waals surface area contributed by atoms with Crippen LogP contribution >= 0.6 is 33.3 Å². The van der Waals surface area contributed by atoms with Crippen LogP contribution in [0.1, 0.15) is 0 Å². The second-order valence-corrected chi connectivity index (χ2v) is 6.61. The molecule has 0 amide bonds. The number of rotatable bonds is 3. The molecular weight excluding hydrogens is 429 g/mol. The maximum absolute atomic E-state index is 12.0. The lowest BCUT2D eigenvalue weighted by Gasteiger charge is -2.10. The third-order valence-corrected chi connectivity index (χ3v) is 4.53. The van der Waals surface area contributed by atoms with Gasteiger partial charge in [-0.3, -0.25) is 10.1 Å². The minimum Gasteiger partial charge on any atom is -0.405 e. The van der Waals surface area contributed by atoms with Crippen LogP contribution in [0.3, 0.4) is 0 Å². The number of ether oxygens (including phenoxy) is 1. The fourth-order valence-corrected chi connectivity index (χ4v) is 3.77. The summed E-state index contributed by atoms with van der Waals surface area (Å²) in [6.45, 7) is 0. The van der Waals surface area contributed by atoms with Crippen molar-refractivity contribution in [2.45, 2.75) is 11.3 Å². The zero-order valence-electron chi connectivity index (χ0n) is 8.44. The number of alkyl halides is 3. The van der Waals surface area contributed by atoms with Crippen molar-refractivity contribution in [3.63, 3.8) is 0 Å². The van der Waals surface area contributed by atoms with Gasteiger partial charge in [-0.25, -0.2) is 8.42 Å². The first-order valence-corrected chi connectivity index (χ1v) is 7.49. The standard InChI is InChI=1S/C7H2ClF3INO5S/c8-19(16,17)5-2-3(18-7(9,10)11)1-4(6(5)12)13(14)15/h1-2H. The lowest BCUT2D eigenvalue weighted by Crippen LogP contribution is -2.17. The van der Waals surface area contributed by atoms with Crippen molar-refractivity contribution in [3.05, 3.63) is 25.8 Å². The van der Waals surface area contributed by atoms with Crippen LogP contribution in [0.4, 0.5) is 18.9 Å². The number of nitro groups is 1. The summed E-state index contributed by atoms with van der Waals surface area (Å²) in [7, 11) is 0.537. The van der Waals surface area contributed by atoms with E-state index in [1.165, 1.54) is 22.6 Å². The van der Waals surface area contributed by atoms with Crippen molar-refractivity contribution in [3.8, 4) is 5.75 Å². The predicted octanol–water partition coefficient (Wildman–Crippen LogP) is 3.03. The summed E-state index contributed by atoms with van der Waals surface area (Å²) in [5.74, 6) is -1.04. The highest BCUT2D eigenvalue weighted by atomic mass is 127.